The van der Waals surface area contributed by atoms with Crippen LogP contribution in [0.4, 0.5) is 0 Å². The Morgan fingerprint density at radius 3 is 2.57 bits per heavy atom. The van der Waals surface area contributed by atoms with Gasteiger partial charge in [0.05, 0.1) is 12.8 Å². The molecule has 0 atom stereocenters. The summed E-state index contributed by atoms with van der Waals surface area (Å²) in [7, 11) is 1.60. The number of hydrogen-bond acceptors (Lipinski definition) is 4. The van der Waals surface area contributed by atoms with Crippen LogP contribution in [0.15, 0.2) is 43.0 Å². The van der Waals surface area contributed by atoms with E-state index in [1.54, 1.807) is 24.2 Å². The first kappa shape index (κ1) is 15.0. The van der Waals surface area contributed by atoms with Crippen LogP contribution >= 0.6 is 0 Å². The summed E-state index contributed by atoms with van der Waals surface area (Å²) >= 11 is 0. The Balaban J connectivity index is 2.58. The van der Waals surface area contributed by atoms with Crippen molar-refractivity contribution in [1.82, 2.24) is 14.8 Å². The average Bonchev–Trinajstić information content (AvgIpc) is 2.97. The van der Waals surface area contributed by atoms with Crippen LogP contribution in [-0.2, 0) is 4.79 Å². The summed E-state index contributed by atoms with van der Waals surface area (Å²) < 4.78 is 6.95. The molecule has 0 N–H and O–H groups in total. The molecule has 21 heavy (non-hydrogen) atoms. The molecule has 1 aromatic heterocycles. The van der Waals surface area contributed by atoms with Gasteiger partial charge in [0, 0.05) is 17.1 Å². The molecule has 2 aromatic rings. The largest absolute Gasteiger partial charge is 0.496 e. The minimum absolute atomic E-state index is 0.0129. The Morgan fingerprint density at radius 2 is 2.00 bits per heavy atom. The molecule has 0 amide bonds. The quantitative estimate of drug-likeness (QED) is 0.811. The molecule has 0 fully saturated rings. The summed E-state index contributed by atoms with van der Waals surface area (Å²) in [5.74, 6) is 0.694. The van der Waals surface area contributed by atoms with Crippen LogP contribution in [0.5, 0.6) is 5.75 Å². The number of benzene rings is 1. The Kier molecular flexibility index (Phi) is 4.21. The highest BCUT2D eigenvalue weighted by atomic mass is 16.5. The Bertz CT molecular complexity index is 652. The molecule has 0 radical (unpaired) electrons. The zero-order valence-electron chi connectivity index (χ0n) is 12.7. The maximum Gasteiger partial charge on any atom is 0.163 e. The second kappa shape index (κ2) is 5.91. The number of ether oxygens (including phenoxy) is 1. The highest BCUT2D eigenvalue weighted by molar-refractivity contribution is 6.00. The van der Waals surface area contributed by atoms with Crippen LogP contribution in [-0.4, -0.2) is 27.7 Å². The summed E-state index contributed by atoms with van der Waals surface area (Å²) in [5.41, 5.74) is 0.974. The average molecular weight is 285 g/mol. The van der Waals surface area contributed by atoms with Crippen LogP contribution in [0, 0.1) is 5.41 Å². The zero-order chi connectivity index (χ0) is 15.5. The van der Waals surface area contributed by atoms with E-state index in [-0.39, 0.29) is 5.78 Å². The van der Waals surface area contributed by atoms with Gasteiger partial charge in [0.2, 0.25) is 0 Å². The molecule has 0 aliphatic rings. The smallest absolute Gasteiger partial charge is 0.163 e. The van der Waals surface area contributed by atoms with Gasteiger partial charge in [-0.05, 0) is 12.1 Å². The van der Waals surface area contributed by atoms with Crippen molar-refractivity contribution in [2.75, 3.05) is 7.11 Å². The van der Waals surface area contributed by atoms with E-state index < -0.39 is 5.41 Å². The molecule has 2 rings (SSSR count). The molecule has 110 valence electrons. The van der Waals surface area contributed by atoms with Crippen molar-refractivity contribution in [1.29, 1.82) is 0 Å². The van der Waals surface area contributed by atoms with Gasteiger partial charge in [0.25, 0.3) is 0 Å². The van der Waals surface area contributed by atoms with E-state index in [0.29, 0.717) is 11.4 Å². The van der Waals surface area contributed by atoms with Crippen LogP contribution < -0.4 is 4.74 Å². The molecule has 0 saturated heterocycles. The van der Waals surface area contributed by atoms with Gasteiger partial charge in [-0.25, -0.2) is 9.67 Å². The minimum atomic E-state index is -0.464. The topological polar surface area (TPSA) is 57.0 Å². The number of para-hydroxylation sites is 1. The summed E-state index contributed by atoms with van der Waals surface area (Å²) in [5, 5.41) is 4.13. The second-order valence-corrected chi connectivity index (χ2v) is 5.68. The van der Waals surface area contributed by atoms with Gasteiger partial charge in [-0.2, -0.15) is 5.10 Å². The fraction of sp³-hybridized carbons (Fsp3) is 0.312. The number of nitrogens with zero attached hydrogens (tertiary/aromatic N) is 3. The first-order chi connectivity index (χ1) is 9.93. The SMILES string of the molecule is COc1ccccc1C(=CC(=O)C(C)(C)C)n1cncn1. The van der Waals surface area contributed by atoms with Crippen LogP contribution in [0.2, 0.25) is 0 Å². The van der Waals surface area contributed by atoms with E-state index in [1.807, 2.05) is 45.0 Å². The number of carbonyl (C=O) groups excluding carboxylic acids is 1. The van der Waals surface area contributed by atoms with E-state index in [1.165, 1.54) is 6.33 Å². The maximum atomic E-state index is 12.4. The highest BCUT2D eigenvalue weighted by Gasteiger charge is 2.21. The van der Waals surface area contributed by atoms with E-state index in [4.69, 9.17) is 4.74 Å². The number of methoxy groups -OCH3 is 1. The van der Waals surface area contributed by atoms with Gasteiger partial charge in [0.1, 0.15) is 18.4 Å². The highest BCUT2D eigenvalue weighted by Crippen LogP contribution is 2.28. The Labute approximate surface area is 124 Å². The molecule has 0 aliphatic heterocycles. The Morgan fingerprint density at radius 1 is 1.29 bits per heavy atom. The number of rotatable bonds is 4. The summed E-state index contributed by atoms with van der Waals surface area (Å²) in [6.07, 6.45) is 4.59. The van der Waals surface area contributed by atoms with Gasteiger partial charge < -0.3 is 4.74 Å². The number of ketones is 1. The summed E-state index contributed by atoms with van der Waals surface area (Å²) in [4.78, 5) is 16.3. The molecule has 0 unspecified atom stereocenters. The predicted octanol–water partition coefficient (Wildman–Crippen LogP) is 2.79. The molecule has 0 saturated carbocycles. The number of allylic oxidation sites excluding steroid dienone is 1. The van der Waals surface area contributed by atoms with Crippen LogP contribution in [0.25, 0.3) is 5.70 Å². The number of aromatic nitrogens is 3. The van der Waals surface area contributed by atoms with Gasteiger partial charge in [-0.15, -0.1) is 0 Å². The fourth-order valence-electron chi connectivity index (χ4n) is 1.80. The van der Waals surface area contributed by atoms with Gasteiger partial charge >= 0.3 is 0 Å². The van der Waals surface area contributed by atoms with Crippen molar-refractivity contribution in [2.24, 2.45) is 5.41 Å². The molecule has 0 aliphatic carbocycles. The predicted molar refractivity (Wildman–Crippen MR) is 80.9 cm³/mol. The van der Waals surface area contributed by atoms with Crippen molar-refractivity contribution in [3.05, 3.63) is 48.6 Å². The Hall–Kier alpha value is -2.43. The lowest BCUT2D eigenvalue weighted by Crippen LogP contribution is -2.19. The van der Waals surface area contributed by atoms with E-state index >= 15 is 0 Å². The van der Waals surface area contributed by atoms with Gasteiger partial charge in [-0.1, -0.05) is 32.9 Å². The van der Waals surface area contributed by atoms with Crippen LogP contribution in [0.3, 0.4) is 0 Å². The van der Waals surface area contributed by atoms with E-state index in [0.717, 1.165) is 5.56 Å². The van der Waals surface area contributed by atoms with Gasteiger partial charge in [0.15, 0.2) is 5.78 Å². The van der Waals surface area contributed by atoms with Gasteiger partial charge in [-0.3, -0.25) is 4.79 Å². The molecule has 5 nitrogen and oxygen atoms in total. The first-order valence-electron chi connectivity index (χ1n) is 6.68. The fourth-order valence-corrected chi connectivity index (χ4v) is 1.80. The molecule has 0 bridgehead atoms. The van der Waals surface area contributed by atoms with Crippen molar-refractivity contribution >= 4 is 11.5 Å². The van der Waals surface area contributed by atoms with Crippen molar-refractivity contribution in [3.8, 4) is 5.75 Å². The lowest BCUT2D eigenvalue weighted by molar-refractivity contribution is -0.121. The first-order valence-corrected chi connectivity index (χ1v) is 6.68. The lowest BCUT2D eigenvalue weighted by atomic mass is 9.89. The molecule has 1 heterocycles. The monoisotopic (exact) mass is 285 g/mol. The van der Waals surface area contributed by atoms with Crippen molar-refractivity contribution < 1.29 is 9.53 Å². The third-order valence-electron chi connectivity index (χ3n) is 3.06. The molecule has 5 heteroatoms. The second-order valence-electron chi connectivity index (χ2n) is 5.68. The number of hydrogen-bond donors (Lipinski definition) is 0. The lowest BCUT2D eigenvalue weighted by Gasteiger charge is -2.16. The standard InChI is InChI=1S/C16H19N3O2/c1-16(2,3)15(20)9-13(19-11-17-10-18-19)12-7-5-6-8-14(12)21-4/h5-11H,1-4H3. The summed E-state index contributed by atoms with van der Waals surface area (Å²) in [6.45, 7) is 5.65. The molecular formula is C16H19N3O2. The van der Waals surface area contributed by atoms with E-state index in [2.05, 4.69) is 10.1 Å². The molecular weight excluding hydrogens is 266 g/mol. The molecule has 0 spiro atoms. The van der Waals surface area contributed by atoms with Crippen molar-refractivity contribution in [2.45, 2.75) is 20.8 Å². The normalized spacial score (nSPS) is 12.3. The third-order valence-corrected chi connectivity index (χ3v) is 3.06. The third kappa shape index (κ3) is 3.37. The number of carbonyl (C=O) groups is 1. The maximum absolute atomic E-state index is 12.4. The zero-order valence-corrected chi connectivity index (χ0v) is 12.7. The van der Waals surface area contributed by atoms with E-state index in [9.17, 15) is 4.79 Å². The molecule has 1 aromatic carbocycles. The minimum Gasteiger partial charge on any atom is -0.496 e. The summed E-state index contributed by atoms with van der Waals surface area (Å²) in [6, 6.07) is 7.51. The van der Waals surface area contributed by atoms with Crippen LogP contribution in [0.1, 0.15) is 26.3 Å². The van der Waals surface area contributed by atoms with Crippen molar-refractivity contribution in [3.63, 3.8) is 0 Å².